The summed E-state index contributed by atoms with van der Waals surface area (Å²) < 4.78 is 1.00. The van der Waals surface area contributed by atoms with Gasteiger partial charge in [-0.25, -0.2) is 0 Å². The Morgan fingerprint density at radius 2 is 2.11 bits per heavy atom. The zero-order valence-electron chi connectivity index (χ0n) is 6.18. The highest BCUT2D eigenvalue weighted by Crippen LogP contribution is 2.05. The molecule has 0 unspecified atom stereocenters. The third-order valence-corrected chi connectivity index (χ3v) is 2.57. The van der Waals surface area contributed by atoms with E-state index < -0.39 is 0 Å². The number of thiocarbonyl (C=S) groups is 1. The molecule has 0 spiro atoms. The molecule has 0 bridgehead atoms. The molecule has 1 nitrogen and oxygen atoms in total. The van der Waals surface area contributed by atoms with Gasteiger partial charge in [-0.2, -0.15) is 0 Å². The first kappa shape index (κ1) is 9.24. The number of hydrogen-bond acceptors (Lipinski definition) is 2. The maximum absolute atomic E-state index is 5.06. The molecule has 0 aromatic carbocycles. The molecular formula is C6H13NS2. The summed E-state index contributed by atoms with van der Waals surface area (Å²) in [5.74, 6) is 1.07. The van der Waals surface area contributed by atoms with Crippen molar-refractivity contribution in [2.75, 3.05) is 19.3 Å². The van der Waals surface area contributed by atoms with Crippen molar-refractivity contribution in [2.24, 2.45) is 0 Å². The first-order valence-electron chi connectivity index (χ1n) is 3.10. The van der Waals surface area contributed by atoms with Crippen LogP contribution in [-0.2, 0) is 0 Å². The Labute approximate surface area is 66.8 Å². The molecule has 3 heteroatoms. The minimum atomic E-state index is 1.00. The Morgan fingerprint density at radius 1 is 1.56 bits per heavy atom. The lowest BCUT2D eigenvalue weighted by molar-refractivity contribution is 0.555. The molecule has 0 fully saturated rings. The summed E-state index contributed by atoms with van der Waals surface area (Å²) in [6.07, 6.45) is 0. The maximum Gasteiger partial charge on any atom is 0.136 e. The first-order chi connectivity index (χ1) is 4.22. The van der Waals surface area contributed by atoms with Crippen LogP contribution in [0.2, 0.25) is 0 Å². The second-order valence-corrected chi connectivity index (χ2v) is 3.61. The highest BCUT2D eigenvalue weighted by molar-refractivity contribution is 8.22. The van der Waals surface area contributed by atoms with Gasteiger partial charge in [0.2, 0.25) is 0 Å². The molecule has 0 aliphatic rings. The average molecular weight is 163 g/mol. The van der Waals surface area contributed by atoms with E-state index >= 15 is 0 Å². The molecule has 0 aromatic heterocycles. The van der Waals surface area contributed by atoms with Crippen LogP contribution in [0.15, 0.2) is 0 Å². The number of rotatable bonds is 2. The van der Waals surface area contributed by atoms with E-state index in [-0.39, 0.29) is 0 Å². The van der Waals surface area contributed by atoms with Crippen LogP contribution in [0.25, 0.3) is 0 Å². The van der Waals surface area contributed by atoms with Crippen LogP contribution in [0, 0.1) is 0 Å². The Morgan fingerprint density at radius 3 is 2.44 bits per heavy atom. The molecule has 0 aromatic rings. The maximum atomic E-state index is 5.06. The minimum Gasteiger partial charge on any atom is -0.361 e. The van der Waals surface area contributed by atoms with Gasteiger partial charge in [0, 0.05) is 13.6 Å². The van der Waals surface area contributed by atoms with Crippen molar-refractivity contribution in [3.63, 3.8) is 0 Å². The lowest BCUT2D eigenvalue weighted by Gasteiger charge is -2.15. The zero-order valence-corrected chi connectivity index (χ0v) is 7.81. The second kappa shape index (κ2) is 5.06. The summed E-state index contributed by atoms with van der Waals surface area (Å²) in [5.41, 5.74) is 0. The lowest BCUT2D eigenvalue weighted by Crippen LogP contribution is -2.21. The molecule has 54 valence electrons. The number of hydrogen-bond donors (Lipinski definition) is 0. The molecule has 0 amide bonds. The summed E-state index contributed by atoms with van der Waals surface area (Å²) in [7, 11) is 2.02. The number of thioether (sulfide) groups is 1. The van der Waals surface area contributed by atoms with E-state index in [1.807, 2.05) is 7.05 Å². The van der Waals surface area contributed by atoms with E-state index in [9.17, 15) is 0 Å². The molecule has 0 rings (SSSR count). The van der Waals surface area contributed by atoms with Crippen molar-refractivity contribution >= 4 is 28.3 Å². The monoisotopic (exact) mass is 163 g/mol. The normalized spacial score (nSPS) is 9.22. The molecule has 0 radical (unpaired) electrons. The van der Waals surface area contributed by atoms with E-state index in [2.05, 4.69) is 18.7 Å². The van der Waals surface area contributed by atoms with Crippen molar-refractivity contribution in [3.8, 4) is 0 Å². The fraction of sp³-hybridized carbons (Fsp3) is 0.833. The Bertz CT molecular complexity index is 93.1. The second-order valence-electron chi connectivity index (χ2n) is 1.71. The van der Waals surface area contributed by atoms with Crippen LogP contribution in [0.4, 0.5) is 0 Å². The first-order valence-corrected chi connectivity index (χ1v) is 4.49. The quantitative estimate of drug-likeness (QED) is 0.573. The molecule has 9 heavy (non-hydrogen) atoms. The van der Waals surface area contributed by atoms with Crippen molar-refractivity contribution in [2.45, 2.75) is 13.8 Å². The van der Waals surface area contributed by atoms with Gasteiger partial charge < -0.3 is 4.90 Å². The van der Waals surface area contributed by atoms with Crippen LogP contribution in [0.3, 0.4) is 0 Å². The average Bonchev–Trinajstić information content (AvgIpc) is 1.87. The van der Waals surface area contributed by atoms with E-state index in [0.717, 1.165) is 16.6 Å². The summed E-state index contributed by atoms with van der Waals surface area (Å²) in [6.45, 7) is 5.22. The summed E-state index contributed by atoms with van der Waals surface area (Å²) in [6, 6.07) is 0. The van der Waals surface area contributed by atoms with Gasteiger partial charge in [-0.05, 0) is 12.7 Å². The highest BCUT2D eigenvalue weighted by atomic mass is 32.2. The Balaban J connectivity index is 3.46. The highest BCUT2D eigenvalue weighted by Gasteiger charge is 1.98. The van der Waals surface area contributed by atoms with Crippen LogP contribution in [0.1, 0.15) is 13.8 Å². The van der Waals surface area contributed by atoms with Gasteiger partial charge in [0.1, 0.15) is 4.32 Å². The Kier molecular flexibility index (Phi) is 5.19. The van der Waals surface area contributed by atoms with Gasteiger partial charge in [-0.15, -0.1) is 0 Å². The van der Waals surface area contributed by atoms with Gasteiger partial charge in [-0.3, -0.25) is 0 Å². The van der Waals surface area contributed by atoms with Gasteiger partial charge in [0.05, 0.1) is 0 Å². The van der Waals surface area contributed by atoms with Crippen LogP contribution >= 0.6 is 24.0 Å². The standard InChI is InChI=1S/C6H13NS2/c1-4-7(3)6(8)9-5-2/h4-5H2,1-3H3. The van der Waals surface area contributed by atoms with Gasteiger partial charge in [0.25, 0.3) is 0 Å². The van der Waals surface area contributed by atoms with Crippen molar-refractivity contribution in [3.05, 3.63) is 0 Å². The fourth-order valence-corrected chi connectivity index (χ4v) is 1.44. The molecule has 0 atom stereocenters. The molecule has 0 saturated heterocycles. The fourth-order valence-electron chi connectivity index (χ4n) is 0.363. The Hall–Kier alpha value is 0.240. The smallest absolute Gasteiger partial charge is 0.136 e. The summed E-state index contributed by atoms with van der Waals surface area (Å²) in [4.78, 5) is 2.07. The molecule has 0 N–H and O–H groups in total. The largest absolute Gasteiger partial charge is 0.361 e. The molecule has 0 aliphatic heterocycles. The molecular weight excluding hydrogens is 150 g/mol. The van der Waals surface area contributed by atoms with Crippen molar-refractivity contribution < 1.29 is 0 Å². The number of nitrogens with zero attached hydrogens (tertiary/aromatic N) is 1. The lowest BCUT2D eigenvalue weighted by atomic mass is 10.7. The summed E-state index contributed by atoms with van der Waals surface area (Å²) in [5, 5.41) is 0. The molecule has 0 aliphatic carbocycles. The predicted molar refractivity (Wildman–Crippen MR) is 49.0 cm³/mol. The van der Waals surface area contributed by atoms with E-state index in [1.54, 1.807) is 11.8 Å². The van der Waals surface area contributed by atoms with E-state index in [1.165, 1.54) is 0 Å². The van der Waals surface area contributed by atoms with Gasteiger partial charge >= 0.3 is 0 Å². The van der Waals surface area contributed by atoms with Crippen molar-refractivity contribution in [1.29, 1.82) is 0 Å². The van der Waals surface area contributed by atoms with Crippen LogP contribution < -0.4 is 0 Å². The zero-order chi connectivity index (χ0) is 7.28. The SMILES string of the molecule is CCSC(=S)N(C)CC. The third kappa shape index (κ3) is 3.76. The van der Waals surface area contributed by atoms with Gasteiger partial charge in [-0.1, -0.05) is 30.9 Å². The van der Waals surface area contributed by atoms with E-state index in [4.69, 9.17) is 12.2 Å². The predicted octanol–water partition coefficient (Wildman–Crippen LogP) is 1.98. The van der Waals surface area contributed by atoms with Crippen molar-refractivity contribution in [1.82, 2.24) is 4.90 Å². The van der Waals surface area contributed by atoms with E-state index in [0.29, 0.717) is 0 Å². The van der Waals surface area contributed by atoms with Crippen LogP contribution in [0.5, 0.6) is 0 Å². The molecule has 0 heterocycles. The van der Waals surface area contributed by atoms with Crippen LogP contribution in [-0.4, -0.2) is 28.6 Å². The van der Waals surface area contributed by atoms with Gasteiger partial charge in [0.15, 0.2) is 0 Å². The summed E-state index contributed by atoms with van der Waals surface area (Å²) >= 11 is 6.79. The third-order valence-electron chi connectivity index (χ3n) is 1.05. The molecule has 0 saturated carbocycles. The minimum absolute atomic E-state index is 1.00. The topological polar surface area (TPSA) is 3.24 Å².